The summed E-state index contributed by atoms with van der Waals surface area (Å²) in [5.74, 6) is -1.61. The maximum atomic E-state index is 12.5. The van der Waals surface area contributed by atoms with Crippen molar-refractivity contribution in [3.05, 3.63) is 18.3 Å². The minimum atomic E-state index is -4.53. The summed E-state index contributed by atoms with van der Waals surface area (Å²) >= 11 is 0. The molecule has 1 aliphatic heterocycles. The average Bonchev–Trinajstić information content (AvgIpc) is 2.52. The highest BCUT2D eigenvalue weighted by molar-refractivity contribution is 7.89. The zero-order valence-corrected chi connectivity index (χ0v) is 13.2. The van der Waals surface area contributed by atoms with Crippen molar-refractivity contribution in [2.24, 2.45) is 0 Å². The van der Waals surface area contributed by atoms with Crippen LogP contribution in [0.5, 0.6) is 5.88 Å². The summed E-state index contributed by atoms with van der Waals surface area (Å²) in [6.07, 6.45) is -2.34. The molecule has 1 N–H and O–H groups in total. The lowest BCUT2D eigenvalue weighted by molar-refractivity contribution is -0.154. The maximum Gasteiger partial charge on any atom is 0.422 e. The van der Waals surface area contributed by atoms with Gasteiger partial charge in [-0.1, -0.05) is 0 Å². The average molecular weight is 368 g/mol. The Hall–Kier alpha value is -1.88. The molecule has 24 heavy (non-hydrogen) atoms. The zero-order valence-electron chi connectivity index (χ0n) is 12.4. The molecule has 1 aromatic heterocycles. The Morgan fingerprint density at radius 2 is 2.08 bits per heavy atom. The first-order valence-electron chi connectivity index (χ1n) is 7.01. The number of carboxylic acids is 1. The van der Waals surface area contributed by atoms with Crippen molar-refractivity contribution in [3.63, 3.8) is 0 Å². The molecule has 0 aliphatic carbocycles. The predicted molar refractivity (Wildman–Crippen MR) is 75.0 cm³/mol. The van der Waals surface area contributed by atoms with Crippen molar-refractivity contribution in [2.45, 2.75) is 36.4 Å². The van der Waals surface area contributed by atoms with Crippen molar-refractivity contribution in [1.29, 1.82) is 0 Å². The van der Waals surface area contributed by atoms with E-state index in [4.69, 9.17) is 5.11 Å². The number of hydrogen-bond acceptors (Lipinski definition) is 5. The van der Waals surface area contributed by atoms with Crippen LogP contribution in [-0.2, 0) is 14.8 Å². The van der Waals surface area contributed by atoms with Gasteiger partial charge in [-0.3, -0.25) is 4.79 Å². The molecule has 1 aliphatic rings. The number of rotatable bonds is 5. The first-order valence-corrected chi connectivity index (χ1v) is 8.45. The number of hydrogen-bond donors (Lipinski definition) is 1. The van der Waals surface area contributed by atoms with Crippen molar-refractivity contribution in [2.75, 3.05) is 13.2 Å². The molecule has 0 amide bonds. The van der Waals surface area contributed by atoms with E-state index in [1.807, 2.05) is 0 Å². The number of alkyl halides is 3. The molecule has 0 radical (unpaired) electrons. The molecule has 1 atom stereocenters. The molecule has 0 bridgehead atoms. The fraction of sp³-hybridized carbons (Fsp3) is 0.538. The van der Waals surface area contributed by atoms with Crippen LogP contribution in [0.25, 0.3) is 0 Å². The second kappa shape index (κ2) is 6.93. The Balaban J connectivity index is 2.18. The lowest BCUT2D eigenvalue weighted by Crippen LogP contribution is -2.47. The number of carbonyl (C=O) groups is 1. The Bertz CT molecular complexity index is 691. The number of nitrogens with zero attached hydrogens (tertiary/aromatic N) is 2. The Labute approximate surface area is 136 Å². The van der Waals surface area contributed by atoms with Crippen LogP contribution in [0.15, 0.2) is 23.2 Å². The van der Waals surface area contributed by atoms with E-state index < -0.39 is 34.8 Å². The first-order chi connectivity index (χ1) is 11.1. The van der Waals surface area contributed by atoms with Gasteiger partial charge < -0.3 is 9.84 Å². The van der Waals surface area contributed by atoms with E-state index in [1.54, 1.807) is 0 Å². The van der Waals surface area contributed by atoms with Crippen LogP contribution in [-0.4, -0.2) is 54.2 Å². The molecule has 7 nitrogen and oxygen atoms in total. The number of pyridine rings is 1. The van der Waals surface area contributed by atoms with E-state index in [0.29, 0.717) is 12.8 Å². The van der Waals surface area contributed by atoms with Gasteiger partial charge >= 0.3 is 12.1 Å². The van der Waals surface area contributed by atoms with E-state index in [2.05, 4.69) is 9.72 Å². The maximum absolute atomic E-state index is 12.5. The third-order valence-electron chi connectivity index (χ3n) is 3.44. The van der Waals surface area contributed by atoms with Crippen molar-refractivity contribution < 1.29 is 36.2 Å². The van der Waals surface area contributed by atoms with E-state index >= 15 is 0 Å². The van der Waals surface area contributed by atoms with Gasteiger partial charge in [0.2, 0.25) is 15.9 Å². The lowest BCUT2D eigenvalue weighted by Gasteiger charge is -2.31. The lowest BCUT2D eigenvalue weighted by atomic mass is 10.1. The van der Waals surface area contributed by atoms with E-state index in [9.17, 15) is 26.4 Å². The molecule has 2 rings (SSSR count). The summed E-state index contributed by atoms with van der Waals surface area (Å²) < 4.78 is 66.5. The Morgan fingerprint density at radius 1 is 1.38 bits per heavy atom. The number of sulfonamides is 1. The highest BCUT2D eigenvalue weighted by Gasteiger charge is 2.37. The third-order valence-corrected chi connectivity index (χ3v) is 5.33. The molecule has 0 aromatic carbocycles. The van der Waals surface area contributed by atoms with Crippen molar-refractivity contribution in [1.82, 2.24) is 9.29 Å². The van der Waals surface area contributed by atoms with Crippen LogP contribution >= 0.6 is 0 Å². The van der Waals surface area contributed by atoms with Gasteiger partial charge in [-0.2, -0.15) is 17.5 Å². The van der Waals surface area contributed by atoms with Gasteiger partial charge in [-0.25, -0.2) is 13.4 Å². The van der Waals surface area contributed by atoms with Crippen LogP contribution < -0.4 is 4.74 Å². The molecule has 0 saturated carbocycles. The van der Waals surface area contributed by atoms with Gasteiger partial charge in [0.15, 0.2) is 6.61 Å². The van der Waals surface area contributed by atoms with Crippen LogP contribution in [0.3, 0.4) is 0 Å². The van der Waals surface area contributed by atoms with Crippen LogP contribution in [0.4, 0.5) is 13.2 Å². The number of ether oxygens (including phenoxy) is 1. The summed E-state index contributed by atoms with van der Waals surface area (Å²) in [6, 6.07) is 0.879. The molecule has 134 valence electrons. The van der Waals surface area contributed by atoms with E-state index in [0.717, 1.165) is 22.6 Å². The number of piperidine rings is 1. The highest BCUT2D eigenvalue weighted by Crippen LogP contribution is 2.26. The largest absolute Gasteiger partial charge is 0.480 e. The fourth-order valence-electron chi connectivity index (χ4n) is 2.34. The molecule has 1 aromatic rings. The van der Waals surface area contributed by atoms with Gasteiger partial charge in [0, 0.05) is 12.6 Å². The topological polar surface area (TPSA) is 96.8 Å². The van der Waals surface area contributed by atoms with Crippen molar-refractivity contribution >= 4 is 16.0 Å². The number of carboxylic acid groups (broad SMARTS) is 1. The minimum Gasteiger partial charge on any atom is -0.480 e. The van der Waals surface area contributed by atoms with Crippen molar-refractivity contribution in [3.8, 4) is 5.88 Å². The Morgan fingerprint density at radius 3 is 2.62 bits per heavy atom. The standard InChI is InChI=1S/C13H15F3N2O5S/c14-13(15,16)8-23-11-5-4-9(7-17-11)24(21,22)18-6-2-1-3-10(18)12(19)20/h4-5,7,10H,1-3,6,8H2,(H,19,20). The monoisotopic (exact) mass is 368 g/mol. The normalized spacial score (nSPS) is 19.9. The molecule has 1 unspecified atom stereocenters. The molecule has 1 saturated heterocycles. The predicted octanol–water partition coefficient (Wildman–Crippen LogP) is 1.65. The third kappa shape index (κ3) is 4.35. The van der Waals surface area contributed by atoms with Crippen LogP contribution in [0.2, 0.25) is 0 Å². The summed E-state index contributed by atoms with van der Waals surface area (Å²) in [6.45, 7) is -1.48. The SMILES string of the molecule is O=C(O)C1CCCCN1S(=O)(=O)c1ccc(OCC(F)(F)F)nc1. The zero-order chi connectivity index (χ0) is 18.0. The molecule has 0 spiro atoms. The summed E-state index contributed by atoms with van der Waals surface area (Å²) in [7, 11) is -4.10. The Kier molecular flexibility index (Phi) is 5.33. The molecule has 2 heterocycles. The first kappa shape index (κ1) is 18.5. The van der Waals surface area contributed by atoms with Crippen LogP contribution in [0.1, 0.15) is 19.3 Å². The fourth-order valence-corrected chi connectivity index (χ4v) is 3.93. The van der Waals surface area contributed by atoms with Gasteiger partial charge in [-0.15, -0.1) is 0 Å². The van der Waals surface area contributed by atoms with Gasteiger partial charge in [0.05, 0.1) is 6.20 Å². The molecular formula is C13H15F3N2O5S. The summed E-state index contributed by atoms with van der Waals surface area (Å²) in [5, 5.41) is 9.16. The number of halogens is 3. The second-order valence-electron chi connectivity index (χ2n) is 5.20. The van der Waals surface area contributed by atoms with Gasteiger partial charge in [0.1, 0.15) is 10.9 Å². The van der Waals surface area contributed by atoms with Gasteiger partial charge in [-0.05, 0) is 25.3 Å². The smallest absolute Gasteiger partial charge is 0.422 e. The highest BCUT2D eigenvalue weighted by atomic mass is 32.2. The molecular weight excluding hydrogens is 353 g/mol. The number of aliphatic carboxylic acids is 1. The second-order valence-corrected chi connectivity index (χ2v) is 7.09. The molecule has 11 heteroatoms. The molecule has 1 fully saturated rings. The van der Waals surface area contributed by atoms with Crippen LogP contribution in [0, 0.1) is 0 Å². The van der Waals surface area contributed by atoms with Gasteiger partial charge in [0.25, 0.3) is 0 Å². The minimum absolute atomic E-state index is 0.0611. The number of aromatic nitrogens is 1. The van der Waals surface area contributed by atoms with E-state index in [-0.39, 0.29) is 23.7 Å². The summed E-state index contributed by atoms with van der Waals surface area (Å²) in [5.41, 5.74) is 0. The van der Waals surface area contributed by atoms with E-state index in [1.165, 1.54) is 0 Å². The summed E-state index contributed by atoms with van der Waals surface area (Å²) in [4.78, 5) is 14.5. The quantitative estimate of drug-likeness (QED) is 0.849.